The molecule has 1 aliphatic rings. The predicted octanol–water partition coefficient (Wildman–Crippen LogP) is 2.60. The molecule has 0 aromatic heterocycles. The van der Waals surface area contributed by atoms with Gasteiger partial charge in [0, 0.05) is 7.11 Å². The molecule has 0 aromatic carbocycles. The number of hydrogen-bond acceptors (Lipinski definition) is 3. The van der Waals surface area contributed by atoms with E-state index >= 15 is 0 Å². The quantitative estimate of drug-likeness (QED) is 0.542. The van der Waals surface area contributed by atoms with Crippen LogP contribution >= 0.6 is 0 Å². The molecule has 3 nitrogen and oxygen atoms in total. The maximum absolute atomic E-state index is 5.83. The lowest BCUT2D eigenvalue weighted by molar-refractivity contribution is -0.0723. The number of nitrogens with one attached hydrogen (secondary N) is 1. The zero-order valence-electron chi connectivity index (χ0n) is 11.1. The van der Waals surface area contributed by atoms with Crippen molar-refractivity contribution in [3.05, 3.63) is 0 Å². The molecule has 16 heavy (non-hydrogen) atoms. The Morgan fingerprint density at radius 3 is 2.38 bits per heavy atom. The van der Waals surface area contributed by atoms with Gasteiger partial charge in [-0.15, -0.1) is 0 Å². The standard InChI is InChI=1S/C13H28N2O/c1-4-11(2)10-12(15-14)13(16-3)8-6-5-7-9-13/h11-12,15H,4-10,14H2,1-3H3. The minimum Gasteiger partial charge on any atom is -0.377 e. The van der Waals surface area contributed by atoms with Crippen LogP contribution in [0.25, 0.3) is 0 Å². The van der Waals surface area contributed by atoms with Crippen molar-refractivity contribution in [1.29, 1.82) is 0 Å². The van der Waals surface area contributed by atoms with E-state index in [2.05, 4.69) is 19.3 Å². The van der Waals surface area contributed by atoms with E-state index < -0.39 is 0 Å². The second-order valence-corrected chi connectivity index (χ2v) is 5.30. The van der Waals surface area contributed by atoms with Crippen LogP contribution in [-0.4, -0.2) is 18.8 Å². The molecule has 0 radical (unpaired) electrons. The summed E-state index contributed by atoms with van der Waals surface area (Å²) in [5.74, 6) is 6.44. The van der Waals surface area contributed by atoms with Gasteiger partial charge in [0.25, 0.3) is 0 Å². The Bertz CT molecular complexity index is 190. The van der Waals surface area contributed by atoms with Crippen molar-refractivity contribution in [2.45, 2.75) is 70.4 Å². The van der Waals surface area contributed by atoms with Crippen molar-refractivity contribution in [3.63, 3.8) is 0 Å². The number of rotatable bonds is 6. The molecule has 3 N–H and O–H groups in total. The summed E-state index contributed by atoms with van der Waals surface area (Å²) in [5, 5.41) is 0. The highest BCUT2D eigenvalue weighted by atomic mass is 16.5. The van der Waals surface area contributed by atoms with Crippen LogP contribution in [0, 0.1) is 5.92 Å². The van der Waals surface area contributed by atoms with Gasteiger partial charge in [-0.1, -0.05) is 39.5 Å². The second kappa shape index (κ2) is 6.58. The average molecular weight is 228 g/mol. The van der Waals surface area contributed by atoms with E-state index in [0.29, 0.717) is 12.0 Å². The topological polar surface area (TPSA) is 47.3 Å². The van der Waals surface area contributed by atoms with E-state index in [9.17, 15) is 0 Å². The third-order valence-electron chi connectivity index (χ3n) is 4.28. The third-order valence-corrected chi connectivity index (χ3v) is 4.28. The molecule has 1 saturated carbocycles. The van der Waals surface area contributed by atoms with Gasteiger partial charge in [0.2, 0.25) is 0 Å². The zero-order valence-corrected chi connectivity index (χ0v) is 11.1. The fourth-order valence-corrected chi connectivity index (χ4v) is 2.85. The van der Waals surface area contributed by atoms with Crippen molar-refractivity contribution in [1.82, 2.24) is 5.43 Å². The molecule has 0 spiro atoms. The minimum absolute atomic E-state index is 0.0174. The van der Waals surface area contributed by atoms with E-state index in [-0.39, 0.29) is 5.60 Å². The molecule has 1 aliphatic carbocycles. The molecule has 0 amide bonds. The number of methoxy groups -OCH3 is 1. The van der Waals surface area contributed by atoms with Gasteiger partial charge < -0.3 is 4.74 Å². The normalized spacial score (nSPS) is 24.0. The molecule has 0 saturated heterocycles. The van der Waals surface area contributed by atoms with Gasteiger partial charge in [0.15, 0.2) is 0 Å². The average Bonchev–Trinajstić information content (AvgIpc) is 2.36. The zero-order chi connectivity index (χ0) is 12.0. The number of nitrogens with two attached hydrogens (primary N) is 1. The van der Waals surface area contributed by atoms with Gasteiger partial charge in [-0.3, -0.25) is 11.3 Å². The molecular weight excluding hydrogens is 200 g/mol. The second-order valence-electron chi connectivity index (χ2n) is 5.30. The van der Waals surface area contributed by atoms with Gasteiger partial charge in [-0.25, -0.2) is 0 Å². The number of hydrogen-bond donors (Lipinski definition) is 2. The summed E-state index contributed by atoms with van der Waals surface area (Å²) in [7, 11) is 1.84. The lowest BCUT2D eigenvalue weighted by Crippen LogP contribution is -2.56. The maximum Gasteiger partial charge on any atom is 0.0844 e. The Morgan fingerprint density at radius 2 is 1.94 bits per heavy atom. The maximum atomic E-state index is 5.83. The van der Waals surface area contributed by atoms with Crippen LogP contribution in [-0.2, 0) is 4.74 Å². The van der Waals surface area contributed by atoms with Crippen LogP contribution < -0.4 is 11.3 Å². The molecular formula is C13H28N2O. The van der Waals surface area contributed by atoms with Crippen LogP contribution in [0.5, 0.6) is 0 Å². The lowest BCUT2D eigenvalue weighted by atomic mass is 9.76. The van der Waals surface area contributed by atoms with Crippen molar-refractivity contribution < 1.29 is 4.74 Å². The Hall–Kier alpha value is -0.120. The van der Waals surface area contributed by atoms with E-state index in [1.54, 1.807) is 0 Å². The van der Waals surface area contributed by atoms with Gasteiger partial charge in [-0.2, -0.15) is 0 Å². The smallest absolute Gasteiger partial charge is 0.0844 e. The van der Waals surface area contributed by atoms with Gasteiger partial charge in [0.1, 0.15) is 0 Å². The van der Waals surface area contributed by atoms with Crippen LogP contribution in [0.2, 0.25) is 0 Å². The SMILES string of the molecule is CCC(C)CC(NN)C1(OC)CCCCC1. The van der Waals surface area contributed by atoms with E-state index in [4.69, 9.17) is 10.6 Å². The van der Waals surface area contributed by atoms with E-state index in [1.807, 2.05) is 7.11 Å². The largest absolute Gasteiger partial charge is 0.377 e. The first-order valence-corrected chi connectivity index (χ1v) is 6.69. The fraction of sp³-hybridized carbons (Fsp3) is 1.00. The summed E-state index contributed by atoms with van der Waals surface area (Å²) >= 11 is 0. The lowest BCUT2D eigenvalue weighted by Gasteiger charge is -2.43. The molecule has 1 rings (SSSR count). The molecule has 1 fully saturated rings. The van der Waals surface area contributed by atoms with E-state index in [1.165, 1.54) is 25.7 Å². The predicted molar refractivity (Wildman–Crippen MR) is 68.0 cm³/mol. The molecule has 0 aromatic rings. The number of hydrazine groups is 1. The van der Waals surface area contributed by atoms with Gasteiger partial charge in [0.05, 0.1) is 11.6 Å². The van der Waals surface area contributed by atoms with Crippen molar-refractivity contribution in [2.24, 2.45) is 11.8 Å². The first kappa shape index (κ1) is 13.9. The summed E-state index contributed by atoms with van der Waals surface area (Å²) in [4.78, 5) is 0. The molecule has 0 heterocycles. The highest BCUT2D eigenvalue weighted by Crippen LogP contribution is 2.36. The molecule has 0 bridgehead atoms. The Kier molecular flexibility index (Phi) is 5.73. The summed E-state index contributed by atoms with van der Waals surface area (Å²) in [6.45, 7) is 4.52. The summed E-state index contributed by atoms with van der Waals surface area (Å²) in [5.41, 5.74) is 2.99. The Labute approximate surface area is 100 Å². The highest BCUT2D eigenvalue weighted by molar-refractivity contribution is 4.94. The monoisotopic (exact) mass is 228 g/mol. The molecule has 2 unspecified atom stereocenters. The van der Waals surface area contributed by atoms with Gasteiger partial charge >= 0.3 is 0 Å². The van der Waals surface area contributed by atoms with Crippen molar-refractivity contribution >= 4 is 0 Å². The molecule has 3 heteroatoms. The van der Waals surface area contributed by atoms with Crippen LogP contribution in [0.4, 0.5) is 0 Å². The molecule has 2 atom stereocenters. The first-order chi connectivity index (χ1) is 7.68. The fourth-order valence-electron chi connectivity index (χ4n) is 2.85. The molecule has 0 aliphatic heterocycles. The van der Waals surface area contributed by atoms with Gasteiger partial charge in [-0.05, 0) is 25.2 Å². The summed E-state index contributed by atoms with van der Waals surface area (Å²) in [6, 6.07) is 0.299. The summed E-state index contributed by atoms with van der Waals surface area (Å²) < 4.78 is 5.83. The summed E-state index contributed by atoms with van der Waals surface area (Å²) in [6.07, 6.45) is 8.49. The highest BCUT2D eigenvalue weighted by Gasteiger charge is 2.39. The van der Waals surface area contributed by atoms with Crippen molar-refractivity contribution in [2.75, 3.05) is 7.11 Å². The molecule has 96 valence electrons. The number of ether oxygens (including phenoxy) is 1. The Morgan fingerprint density at radius 1 is 1.31 bits per heavy atom. The minimum atomic E-state index is -0.0174. The van der Waals surface area contributed by atoms with Crippen LogP contribution in [0.15, 0.2) is 0 Å². The van der Waals surface area contributed by atoms with Crippen LogP contribution in [0.3, 0.4) is 0 Å². The Balaban J connectivity index is 2.65. The van der Waals surface area contributed by atoms with Crippen LogP contribution in [0.1, 0.15) is 58.8 Å². The van der Waals surface area contributed by atoms with Crippen molar-refractivity contribution in [3.8, 4) is 0 Å². The third kappa shape index (κ3) is 3.19. The van der Waals surface area contributed by atoms with E-state index in [0.717, 1.165) is 19.3 Å². The first-order valence-electron chi connectivity index (χ1n) is 6.69.